The predicted octanol–water partition coefficient (Wildman–Crippen LogP) is 3.79. The van der Waals surface area contributed by atoms with Gasteiger partial charge in [0.1, 0.15) is 5.75 Å². The quantitative estimate of drug-likeness (QED) is 0.742. The third-order valence-corrected chi connectivity index (χ3v) is 4.30. The number of amides is 1. The highest BCUT2D eigenvalue weighted by atomic mass is 32.1. The Bertz CT molecular complexity index is 818. The van der Waals surface area contributed by atoms with E-state index >= 15 is 0 Å². The number of methoxy groups -OCH3 is 1. The first-order chi connectivity index (χ1) is 11.8. The van der Waals surface area contributed by atoms with E-state index in [9.17, 15) is 4.79 Å². The lowest BCUT2D eigenvalue weighted by atomic mass is 10.1. The molecular weight excluding hydrogens is 322 g/mol. The summed E-state index contributed by atoms with van der Waals surface area (Å²) in [5.41, 5.74) is 2.84. The van der Waals surface area contributed by atoms with E-state index in [0.29, 0.717) is 18.0 Å². The lowest BCUT2D eigenvalue weighted by Gasteiger charge is -2.07. The number of anilines is 1. The van der Waals surface area contributed by atoms with Crippen LogP contribution in [0.2, 0.25) is 0 Å². The van der Waals surface area contributed by atoms with Crippen molar-refractivity contribution >= 4 is 22.4 Å². The number of rotatable bonds is 6. The number of aryl methyl sites for hydroxylation is 1. The van der Waals surface area contributed by atoms with Crippen molar-refractivity contribution in [1.29, 1.82) is 0 Å². The normalized spacial score (nSPS) is 10.4. The van der Waals surface area contributed by atoms with Gasteiger partial charge in [0.2, 0.25) is 5.91 Å². The van der Waals surface area contributed by atoms with Gasteiger partial charge in [0.05, 0.1) is 12.8 Å². The minimum atomic E-state index is -0.0588. The van der Waals surface area contributed by atoms with E-state index in [4.69, 9.17) is 4.74 Å². The van der Waals surface area contributed by atoms with Crippen LogP contribution in [0.3, 0.4) is 0 Å². The molecule has 6 heteroatoms. The summed E-state index contributed by atoms with van der Waals surface area (Å²) in [6.45, 7) is 0. The van der Waals surface area contributed by atoms with Gasteiger partial charge in [0.15, 0.2) is 5.13 Å². The molecular formula is C18H17N3O2S. The standard InChI is InChI=1S/C18H17N3O2S/c1-23-16-5-3-2-4-14(16)6-7-17(22)21-18-20-15(12-24-18)13-8-10-19-11-9-13/h2-5,8-12H,6-7H2,1H3,(H,20,21,22). The molecule has 0 saturated heterocycles. The number of para-hydroxylation sites is 1. The zero-order valence-electron chi connectivity index (χ0n) is 13.2. The van der Waals surface area contributed by atoms with E-state index in [2.05, 4.69) is 15.3 Å². The minimum absolute atomic E-state index is 0.0588. The summed E-state index contributed by atoms with van der Waals surface area (Å²) in [4.78, 5) is 20.6. The number of nitrogens with zero attached hydrogens (tertiary/aromatic N) is 2. The number of hydrogen-bond acceptors (Lipinski definition) is 5. The molecule has 2 aromatic heterocycles. The number of carbonyl (C=O) groups is 1. The highest BCUT2D eigenvalue weighted by Gasteiger charge is 2.09. The fourth-order valence-electron chi connectivity index (χ4n) is 2.33. The zero-order valence-corrected chi connectivity index (χ0v) is 14.0. The first kappa shape index (κ1) is 16.1. The Balaban J connectivity index is 1.58. The second-order valence-corrected chi connectivity index (χ2v) is 5.99. The average Bonchev–Trinajstić information content (AvgIpc) is 3.09. The Labute approximate surface area is 144 Å². The van der Waals surface area contributed by atoms with E-state index < -0.39 is 0 Å². The fourth-order valence-corrected chi connectivity index (χ4v) is 3.06. The van der Waals surface area contributed by atoms with Gasteiger partial charge in [-0.1, -0.05) is 18.2 Å². The molecule has 1 aromatic carbocycles. The van der Waals surface area contributed by atoms with Crippen LogP contribution in [0.4, 0.5) is 5.13 Å². The van der Waals surface area contributed by atoms with Crippen LogP contribution >= 0.6 is 11.3 Å². The van der Waals surface area contributed by atoms with Gasteiger partial charge in [-0.05, 0) is 30.2 Å². The number of benzene rings is 1. The Morgan fingerprint density at radius 1 is 1.21 bits per heavy atom. The Hall–Kier alpha value is -2.73. The molecule has 0 unspecified atom stereocenters. The Morgan fingerprint density at radius 2 is 2.00 bits per heavy atom. The van der Waals surface area contributed by atoms with Crippen LogP contribution in [-0.4, -0.2) is 23.0 Å². The van der Waals surface area contributed by atoms with Crippen molar-refractivity contribution < 1.29 is 9.53 Å². The molecule has 5 nitrogen and oxygen atoms in total. The number of hydrogen-bond donors (Lipinski definition) is 1. The van der Waals surface area contributed by atoms with Crippen molar-refractivity contribution in [2.24, 2.45) is 0 Å². The second kappa shape index (κ2) is 7.70. The summed E-state index contributed by atoms with van der Waals surface area (Å²) >= 11 is 1.41. The molecule has 0 aliphatic rings. The first-order valence-electron chi connectivity index (χ1n) is 7.54. The predicted molar refractivity (Wildman–Crippen MR) is 95.3 cm³/mol. The van der Waals surface area contributed by atoms with Crippen LogP contribution in [-0.2, 0) is 11.2 Å². The molecule has 0 radical (unpaired) electrons. The van der Waals surface area contributed by atoms with E-state index in [1.165, 1.54) is 11.3 Å². The van der Waals surface area contributed by atoms with Crippen molar-refractivity contribution in [3.63, 3.8) is 0 Å². The Morgan fingerprint density at radius 3 is 2.79 bits per heavy atom. The lowest BCUT2D eigenvalue weighted by molar-refractivity contribution is -0.116. The van der Waals surface area contributed by atoms with Gasteiger partial charge >= 0.3 is 0 Å². The van der Waals surface area contributed by atoms with Crippen molar-refractivity contribution in [1.82, 2.24) is 9.97 Å². The van der Waals surface area contributed by atoms with Gasteiger partial charge in [-0.15, -0.1) is 11.3 Å². The van der Waals surface area contributed by atoms with Crippen LogP contribution in [0, 0.1) is 0 Å². The highest BCUT2D eigenvalue weighted by Crippen LogP contribution is 2.24. The third kappa shape index (κ3) is 3.97. The average molecular weight is 339 g/mol. The van der Waals surface area contributed by atoms with Crippen molar-refractivity contribution in [3.05, 3.63) is 59.7 Å². The summed E-state index contributed by atoms with van der Waals surface area (Å²) in [7, 11) is 1.63. The summed E-state index contributed by atoms with van der Waals surface area (Å²) in [5.74, 6) is 0.746. The largest absolute Gasteiger partial charge is 0.496 e. The molecule has 1 amide bonds. The second-order valence-electron chi connectivity index (χ2n) is 5.13. The molecule has 2 heterocycles. The number of pyridine rings is 1. The van der Waals surface area contributed by atoms with Gasteiger partial charge in [-0.3, -0.25) is 9.78 Å². The maximum Gasteiger partial charge on any atom is 0.226 e. The lowest BCUT2D eigenvalue weighted by Crippen LogP contribution is -2.12. The molecule has 0 aliphatic carbocycles. The molecule has 122 valence electrons. The monoisotopic (exact) mass is 339 g/mol. The molecule has 0 bridgehead atoms. The molecule has 24 heavy (non-hydrogen) atoms. The van der Waals surface area contributed by atoms with Crippen LogP contribution in [0.25, 0.3) is 11.3 Å². The summed E-state index contributed by atoms with van der Waals surface area (Å²) in [6, 6.07) is 11.5. The minimum Gasteiger partial charge on any atom is -0.496 e. The number of aromatic nitrogens is 2. The van der Waals surface area contributed by atoms with Gasteiger partial charge < -0.3 is 10.1 Å². The summed E-state index contributed by atoms with van der Waals surface area (Å²) in [6.07, 6.45) is 4.45. The number of ether oxygens (including phenoxy) is 1. The molecule has 3 rings (SSSR count). The van der Waals surface area contributed by atoms with Crippen LogP contribution in [0.5, 0.6) is 5.75 Å². The van der Waals surface area contributed by atoms with Gasteiger partial charge in [0, 0.05) is 29.8 Å². The van der Waals surface area contributed by atoms with E-state index in [0.717, 1.165) is 22.6 Å². The van der Waals surface area contributed by atoms with Crippen molar-refractivity contribution in [3.8, 4) is 17.0 Å². The Kier molecular flexibility index (Phi) is 5.18. The van der Waals surface area contributed by atoms with E-state index in [1.807, 2.05) is 41.8 Å². The summed E-state index contributed by atoms with van der Waals surface area (Å²) in [5, 5.41) is 5.38. The van der Waals surface area contributed by atoms with Crippen LogP contribution in [0.1, 0.15) is 12.0 Å². The molecule has 0 saturated carbocycles. The number of carbonyl (C=O) groups excluding carboxylic acids is 1. The van der Waals surface area contributed by atoms with E-state index in [-0.39, 0.29) is 5.91 Å². The molecule has 3 aromatic rings. The summed E-state index contributed by atoms with van der Waals surface area (Å²) < 4.78 is 5.30. The molecule has 0 spiro atoms. The van der Waals surface area contributed by atoms with Gasteiger partial charge in [-0.2, -0.15) is 0 Å². The zero-order chi connectivity index (χ0) is 16.8. The van der Waals surface area contributed by atoms with Crippen molar-refractivity contribution in [2.75, 3.05) is 12.4 Å². The van der Waals surface area contributed by atoms with Gasteiger partial charge in [0.25, 0.3) is 0 Å². The fraction of sp³-hybridized carbons (Fsp3) is 0.167. The topological polar surface area (TPSA) is 64.1 Å². The number of thiazole rings is 1. The smallest absolute Gasteiger partial charge is 0.226 e. The maximum atomic E-state index is 12.1. The number of nitrogens with one attached hydrogen (secondary N) is 1. The SMILES string of the molecule is COc1ccccc1CCC(=O)Nc1nc(-c2ccncc2)cs1. The molecule has 0 fully saturated rings. The molecule has 0 atom stereocenters. The maximum absolute atomic E-state index is 12.1. The van der Waals surface area contributed by atoms with Crippen LogP contribution < -0.4 is 10.1 Å². The van der Waals surface area contributed by atoms with Crippen molar-refractivity contribution in [2.45, 2.75) is 12.8 Å². The third-order valence-electron chi connectivity index (χ3n) is 3.54. The molecule has 1 N–H and O–H groups in total. The first-order valence-corrected chi connectivity index (χ1v) is 8.42. The highest BCUT2D eigenvalue weighted by molar-refractivity contribution is 7.14. The van der Waals surface area contributed by atoms with Gasteiger partial charge in [-0.25, -0.2) is 4.98 Å². The van der Waals surface area contributed by atoms with E-state index in [1.54, 1.807) is 19.5 Å². The van der Waals surface area contributed by atoms with Crippen LogP contribution in [0.15, 0.2) is 54.2 Å². The molecule has 0 aliphatic heterocycles.